The van der Waals surface area contributed by atoms with Crippen LogP contribution in [0.25, 0.3) is 11.0 Å². The van der Waals surface area contributed by atoms with Gasteiger partial charge in [-0.05, 0) is 34.8 Å². The second-order valence-corrected chi connectivity index (χ2v) is 4.94. The van der Waals surface area contributed by atoms with Crippen molar-refractivity contribution in [1.29, 1.82) is 0 Å². The Morgan fingerprint density at radius 1 is 1.44 bits per heavy atom. The summed E-state index contributed by atoms with van der Waals surface area (Å²) in [6.07, 6.45) is 5.89. The van der Waals surface area contributed by atoms with Crippen LogP contribution in [0.3, 0.4) is 0 Å². The Bertz CT molecular complexity index is 505. The molecule has 1 fully saturated rings. The highest BCUT2D eigenvalue weighted by atomic mass is 79.9. The normalized spacial score (nSPS) is 21.4. The fourth-order valence-corrected chi connectivity index (χ4v) is 2.45. The summed E-state index contributed by atoms with van der Waals surface area (Å²) in [5, 5.41) is 5.48. The molecule has 16 heavy (non-hydrogen) atoms. The van der Waals surface area contributed by atoms with E-state index in [1.54, 1.807) is 0 Å². The van der Waals surface area contributed by atoms with Gasteiger partial charge in [-0.1, -0.05) is 0 Å². The molecule has 1 saturated heterocycles. The average molecular weight is 282 g/mol. The predicted octanol–water partition coefficient (Wildman–Crippen LogP) is 2.55. The zero-order chi connectivity index (χ0) is 11.0. The SMILES string of the molecule is Brc1cnc2c(cnn2C2CCCOC2)c1. The van der Waals surface area contributed by atoms with Crippen LogP contribution in [0.15, 0.2) is 22.9 Å². The molecule has 0 saturated carbocycles. The summed E-state index contributed by atoms with van der Waals surface area (Å²) in [4.78, 5) is 4.41. The van der Waals surface area contributed by atoms with Crippen LogP contribution in [0.5, 0.6) is 0 Å². The third-order valence-corrected chi connectivity index (χ3v) is 3.32. The smallest absolute Gasteiger partial charge is 0.158 e. The highest BCUT2D eigenvalue weighted by Gasteiger charge is 2.18. The molecule has 2 aromatic heterocycles. The van der Waals surface area contributed by atoms with Crippen LogP contribution < -0.4 is 0 Å². The van der Waals surface area contributed by atoms with Crippen molar-refractivity contribution < 1.29 is 4.74 Å². The van der Waals surface area contributed by atoms with Crippen molar-refractivity contribution in [3.63, 3.8) is 0 Å². The summed E-state index contributed by atoms with van der Waals surface area (Å²) in [6, 6.07) is 2.37. The summed E-state index contributed by atoms with van der Waals surface area (Å²) in [5.74, 6) is 0. The Morgan fingerprint density at radius 2 is 2.38 bits per heavy atom. The van der Waals surface area contributed by atoms with Gasteiger partial charge in [0.2, 0.25) is 0 Å². The van der Waals surface area contributed by atoms with Gasteiger partial charge in [0.15, 0.2) is 5.65 Å². The molecule has 0 aromatic carbocycles. The van der Waals surface area contributed by atoms with Crippen molar-refractivity contribution in [2.75, 3.05) is 13.2 Å². The molecule has 3 heterocycles. The van der Waals surface area contributed by atoms with Gasteiger partial charge in [0.05, 0.1) is 18.8 Å². The first-order chi connectivity index (χ1) is 7.84. The Labute approximate surface area is 102 Å². The minimum absolute atomic E-state index is 0.333. The number of hydrogen-bond acceptors (Lipinski definition) is 3. The number of ether oxygens (including phenoxy) is 1. The number of halogens is 1. The number of rotatable bonds is 1. The summed E-state index contributed by atoms with van der Waals surface area (Å²) >= 11 is 3.41. The Morgan fingerprint density at radius 3 is 3.19 bits per heavy atom. The zero-order valence-electron chi connectivity index (χ0n) is 8.77. The van der Waals surface area contributed by atoms with Crippen LogP contribution in [0.4, 0.5) is 0 Å². The lowest BCUT2D eigenvalue weighted by atomic mass is 10.1. The van der Waals surface area contributed by atoms with Crippen LogP contribution in [0, 0.1) is 0 Å². The van der Waals surface area contributed by atoms with E-state index in [9.17, 15) is 0 Å². The first kappa shape index (κ1) is 10.2. The number of nitrogens with zero attached hydrogens (tertiary/aromatic N) is 3. The largest absolute Gasteiger partial charge is 0.379 e. The topological polar surface area (TPSA) is 39.9 Å². The third-order valence-electron chi connectivity index (χ3n) is 2.88. The maximum atomic E-state index is 5.48. The number of hydrogen-bond donors (Lipinski definition) is 0. The molecule has 0 bridgehead atoms. The van der Waals surface area contributed by atoms with E-state index in [1.807, 2.05) is 23.1 Å². The fraction of sp³-hybridized carbons (Fsp3) is 0.455. The van der Waals surface area contributed by atoms with Crippen molar-refractivity contribution in [2.24, 2.45) is 0 Å². The van der Waals surface area contributed by atoms with E-state index in [0.29, 0.717) is 6.04 Å². The second-order valence-electron chi connectivity index (χ2n) is 4.03. The van der Waals surface area contributed by atoms with Crippen molar-refractivity contribution in [3.8, 4) is 0 Å². The fourth-order valence-electron chi connectivity index (χ4n) is 2.10. The number of fused-ring (bicyclic) bond motifs is 1. The van der Waals surface area contributed by atoms with Gasteiger partial charge in [-0.3, -0.25) is 0 Å². The maximum absolute atomic E-state index is 5.48. The molecule has 84 valence electrons. The second kappa shape index (κ2) is 4.14. The molecule has 1 atom stereocenters. The zero-order valence-corrected chi connectivity index (χ0v) is 10.4. The Balaban J connectivity index is 2.03. The van der Waals surface area contributed by atoms with E-state index in [4.69, 9.17) is 4.74 Å². The minimum atomic E-state index is 0.333. The molecular weight excluding hydrogens is 270 g/mol. The van der Waals surface area contributed by atoms with Gasteiger partial charge >= 0.3 is 0 Å². The molecule has 1 unspecified atom stereocenters. The Hall–Kier alpha value is -0.940. The van der Waals surface area contributed by atoms with Crippen LogP contribution >= 0.6 is 15.9 Å². The minimum Gasteiger partial charge on any atom is -0.379 e. The van der Waals surface area contributed by atoms with E-state index in [-0.39, 0.29) is 0 Å². The van der Waals surface area contributed by atoms with Crippen LogP contribution in [-0.4, -0.2) is 28.0 Å². The standard InChI is InChI=1S/C11H12BrN3O/c12-9-4-8-5-14-15(11(8)13-6-9)10-2-1-3-16-7-10/h4-6,10H,1-3,7H2. The first-order valence-electron chi connectivity index (χ1n) is 5.41. The predicted molar refractivity (Wildman–Crippen MR) is 64.3 cm³/mol. The molecule has 0 spiro atoms. The first-order valence-corrected chi connectivity index (χ1v) is 6.20. The van der Waals surface area contributed by atoms with Gasteiger partial charge in [-0.25, -0.2) is 9.67 Å². The van der Waals surface area contributed by atoms with Crippen molar-refractivity contribution in [1.82, 2.24) is 14.8 Å². The molecule has 0 amide bonds. The van der Waals surface area contributed by atoms with Crippen molar-refractivity contribution in [3.05, 3.63) is 22.9 Å². The van der Waals surface area contributed by atoms with Gasteiger partial charge in [-0.2, -0.15) is 5.10 Å². The molecular formula is C11H12BrN3O. The van der Waals surface area contributed by atoms with E-state index in [1.165, 1.54) is 0 Å². The summed E-state index contributed by atoms with van der Waals surface area (Å²) < 4.78 is 8.45. The molecule has 2 aromatic rings. The monoisotopic (exact) mass is 281 g/mol. The number of pyridine rings is 1. The third kappa shape index (κ3) is 1.74. The van der Waals surface area contributed by atoms with Crippen LogP contribution in [-0.2, 0) is 4.74 Å². The number of aromatic nitrogens is 3. The lowest BCUT2D eigenvalue weighted by Gasteiger charge is -2.22. The van der Waals surface area contributed by atoms with Crippen LogP contribution in [0.2, 0.25) is 0 Å². The van der Waals surface area contributed by atoms with E-state index < -0.39 is 0 Å². The molecule has 3 rings (SSSR count). The molecule has 0 aliphatic carbocycles. The molecule has 5 heteroatoms. The van der Waals surface area contributed by atoms with E-state index in [2.05, 4.69) is 26.0 Å². The Kier molecular flexibility index (Phi) is 2.65. The van der Waals surface area contributed by atoms with E-state index >= 15 is 0 Å². The highest BCUT2D eigenvalue weighted by Crippen LogP contribution is 2.24. The quantitative estimate of drug-likeness (QED) is 0.807. The molecule has 0 radical (unpaired) electrons. The summed E-state index contributed by atoms with van der Waals surface area (Å²) in [7, 11) is 0. The van der Waals surface area contributed by atoms with Gasteiger partial charge < -0.3 is 4.74 Å². The lowest BCUT2D eigenvalue weighted by Crippen LogP contribution is -2.22. The van der Waals surface area contributed by atoms with Crippen molar-refractivity contribution >= 4 is 27.0 Å². The molecule has 0 N–H and O–H groups in total. The lowest BCUT2D eigenvalue weighted by molar-refractivity contribution is 0.0563. The molecule has 1 aliphatic rings. The van der Waals surface area contributed by atoms with Gasteiger partial charge in [0.1, 0.15) is 0 Å². The van der Waals surface area contributed by atoms with Crippen molar-refractivity contribution in [2.45, 2.75) is 18.9 Å². The molecule has 1 aliphatic heterocycles. The average Bonchev–Trinajstić information content (AvgIpc) is 2.73. The van der Waals surface area contributed by atoms with Gasteiger partial charge in [-0.15, -0.1) is 0 Å². The summed E-state index contributed by atoms with van der Waals surface area (Å²) in [5.41, 5.74) is 0.943. The molecule has 4 nitrogen and oxygen atoms in total. The highest BCUT2D eigenvalue weighted by molar-refractivity contribution is 9.10. The van der Waals surface area contributed by atoms with Gasteiger partial charge in [0.25, 0.3) is 0 Å². The van der Waals surface area contributed by atoms with E-state index in [0.717, 1.165) is 41.6 Å². The van der Waals surface area contributed by atoms with Gasteiger partial charge in [0, 0.05) is 22.7 Å². The van der Waals surface area contributed by atoms with Crippen LogP contribution in [0.1, 0.15) is 18.9 Å². The maximum Gasteiger partial charge on any atom is 0.158 e. The summed E-state index contributed by atoms with van der Waals surface area (Å²) in [6.45, 7) is 1.61.